The lowest BCUT2D eigenvalue weighted by atomic mass is 10.1. The van der Waals surface area contributed by atoms with E-state index in [1.165, 1.54) is 11.2 Å². The molecule has 0 radical (unpaired) electrons. The molecule has 3 atom stereocenters. The van der Waals surface area contributed by atoms with Gasteiger partial charge >= 0.3 is 0 Å². The summed E-state index contributed by atoms with van der Waals surface area (Å²) in [6.07, 6.45) is 1.53. The maximum Gasteiger partial charge on any atom is 0.224 e. The topological polar surface area (TPSA) is 75.7 Å². The van der Waals surface area contributed by atoms with Gasteiger partial charge in [0.1, 0.15) is 0 Å². The normalized spacial score (nSPS) is 23.7. The van der Waals surface area contributed by atoms with Crippen LogP contribution >= 0.6 is 0 Å². The molecule has 0 spiro atoms. The van der Waals surface area contributed by atoms with Crippen molar-refractivity contribution in [3.63, 3.8) is 0 Å². The lowest BCUT2D eigenvalue weighted by Gasteiger charge is -2.31. The highest BCUT2D eigenvalue weighted by atomic mass is 32.2. The molecule has 0 saturated carbocycles. The van der Waals surface area contributed by atoms with Crippen molar-refractivity contribution in [3.8, 4) is 0 Å². The first-order chi connectivity index (χ1) is 8.73. The van der Waals surface area contributed by atoms with Crippen LogP contribution < -0.4 is 5.32 Å². The Hall–Kier alpha value is -0.660. The van der Waals surface area contributed by atoms with Crippen LogP contribution in [-0.2, 0) is 19.4 Å². The van der Waals surface area contributed by atoms with Gasteiger partial charge in [0.15, 0.2) is 9.84 Å². The molecule has 1 aliphatic rings. The van der Waals surface area contributed by atoms with E-state index in [0.717, 1.165) is 6.54 Å². The molecular formula is C12H24N2O4S. The van der Waals surface area contributed by atoms with E-state index in [9.17, 15) is 13.2 Å². The van der Waals surface area contributed by atoms with Crippen LogP contribution in [0.3, 0.4) is 0 Å². The number of carbonyl (C=O) groups is 1. The van der Waals surface area contributed by atoms with E-state index in [1.54, 1.807) is 20.9 Å². The molecule has 112 valence electrons. The number of amides is 1. The number of nitrogens with one attached hydrogen (secondary N) is 1. The summed E-state index contributed by atoms with van der Waals surface area (Å²) in [7, 11) is -1.50. The maximum atomic E-state index is 12.1. The Morgan fingerprint density at radius 2 is 2.11 bits per heavy atom. The largest absolute Gasteiger partial charge is 0.378 e. The number of carbonyl (C=O) groups excluding carboxylic acids is 1. The molecular weight excluding hydrogens is 268 g/mol. The highest BCUT2D eigenvalue weighted by molar-refractivity contribution is 7.91. The van der Waals surface area contributed by atoms with Crippen LogP contribution in [0.15, 0.2) is 0 Å². The highest BCUT2D eigenvalue weighted by Gasteiger charge is 2.29. The third-order valence-corrected chi connectivity index (χ3v) is 5.52. The van der Waals surface area contributed by atoms with Crippen LogP contribution in [0.25, 0.3) is 0 Å². The van der Waals surface area contributed by atoms with E-state index in [4.69, 9.17) is 4.74 Å². The minimum Gasteiger partial charge on any atom is -0.378 e. The van der Waals surface area contributed by atoms with Crippen molar-refractivity contribution in [1.82, 2.24) is 10.2 Å². The van der Waals surface area contributed by atoms with Gasteiger partial charge in [-0.25, -0.2) is 8.42 Å². The minimum atomic E-state index is -3.15. The minimum absolute atomic E-state index is 0.0180. The summed E-state index contributed by atoms with van der Waals surface area (Å²) in [6.45, 7) is 5.33. The molecule has 0 aliphatic carbocycles. The zero-order valence-corrected chi connectivity index (χ0v) is 12.9. The molecule has 1 rings (SSSR count). The van der Waals surface area contributed by atoms with Crippen LogP contribution in [-0.4, -0.2) is 69.6 Å². The summed E-state index contributed by atoms with van der Waals surface area (Å²) in [4.78, 5) is 13.6. The van der Waals surface area contributed by atoms with Gasteiger partial charge in [-0.05, 0) is 13.8 Å². The third kappa shape index (κ3) is 4.74. The first kappa shape index (κ1) is 16.4. The summed E-state index contributed by atoms with van der Waals surface area (Å²) < 4.78 is 28.3. The van der Waals surface area contributed by atoms with Crippen LogP contribution in [0.2, 0.25) is 0 Å². The van der Waals surface area contributed by atoms with Gasteiger partial charge in [0.2, 0.25) is 5.91 Å². The molecule has 0 bridgehead atoms. The van der Waals surface area contributed by atoms with Gasteiger partial charge < -0.3 is 15.0 Å². The molecule has 1 saturated heterocycles. The van der Waals surface area contributed by atoms with Crippen molar-refractivity contribution < 1.29 is 17.9 Å². The van der Waals surface area contributed by atoms with Crippen molar-refractivity contribution in [2.24, 2.45) is 0 Å². The second-order valence-electron chi connectivity index (χ2n) is 5.21. The lowest BCUT2D eigenvalue weighted by Crippen LogP contribution is -2.48. The number of sulfone groups is 1. The maximum absolute atomic E-state index is 12.1. The molecule has 1 heterocycles. The van der Waals surface area contributed by atoms with E-state index in [0.29, 0.717) is 19.6 Å². The number of morpholine rings is 1. The van der Waals surface area contributed by atoms with E-state index < -0.39 is 15.1 Å². The first-order valence-corrected chi connectivity index (χ1v) is 8.44. The van der Waals surface area contributed by atoms with Gasteiger partial charge in [-0.3, -0.25) is 4.79 Å². The summed E-state index contributed by atoms with van der Waals surface area (Å²) in [5.41, 5.74) is 0. The average Bonchev–Trinajstić information content (AvgIpc) is 2.36. The van der Waals surface area contributed by atoms with E-state index in [2.05, 4.69) is 5.32 Å². The van der Waals surface area contributed by atoms with E-state index in [-0.39, 0.29) is 18.0 Å². The van der Waals surface area contributed by atoms with Gasteiger partial charge in [-0.2, -0.15) is 0 Å². The lowest BCUT2D eigenvalue weighted by molar-refractivity contribution is -0.132. The summed E-state index contributed by atoms with van der Waals surface area (Å²) >= 11 is 0. The van der Waals surface area contributed by atoms with Crippen LogP contribution in [0.4, 0.5) is 0 Å². The Morgan fingerprint density at radius 3 is 2.58 bits per heavy atom. The molecule has 0 aromatic rings. The van der Waals surface area contributed by atoms with Crippen LogP contribution in [0, 0.1) is 0 Å². The SMILES string of the molecule is CC(C(C)S(C)(=O)=O)N(C)C(=O)CC1COCCN1. The number of rotatable bonds is 5. The molecule has 3 unspecified atom stereocenters. The Labute approximate surface area is 115 Å². The molecule has 7 heteroatoms. The first-order valence-electron chi connectivity index (χ1n) is 6.49. The van der Waals surface area contributed by atoms with Gasteiger partial charge in [0, 0.05) is 38.4 Å². The predicted octanol–water partition coefficient (Wildman–Crippen LogP) is -0.355. The molecule has 0 aromatic heterocycles. The second kappa shape index (κ2) is 6.67. The predicted molar refractivity (Wildman–Crippen MR) is 73.8 cm³/mol. The fourth-order valence-electron chi connectivity index (χ4n) is 2.01. The zero-order chi connectivity index (χ0) is 14.6. The number of nitrogens with zero attached hydrogens (tertiary/aromatic N) is 1. The quantitative estimate of drug-likeness (QED) is 0.749. The summed E-state index contributed by atoms with van der Waals surface area (Å²) in [5.74, 6) is -0.0639. The summed E-state index contributed by atoms with van der Waals surface area (Å²) in [6, 6.07) is -0.323. The second-order valence-corrected chi connectivity index (χ2v) is 7.61. The Morgan fingerprint density at radius 1 is 1.47 bits per heavy atom. The molecule has 1 fully saturated rings. The van der Waals surface area contributed by atoms with Crippen molar-refractivity contribution >= 4 is 15.7 Å². The fraction of sp³-hybridized carbons (Fsp3) is 0.917. The van der Waals surface area contributed by atoms with E-state index >= 15 is 0 Å². The van der Waals surface area contributed by atoms with Gasteiger partial charge in [0.05, 0.1) is 18.5 Å². The van der Waals surface area contributed by atoms with E-state index in [1.807, 2.05) is 0 Å². The third-order valence-electron chi connectivity index (χ3n) is 3.78. The highest BCUT2D eigenvalue weighted by Crippen LogP contribution is 2.12. The van der Waals surface area contributed by atoms with Crippen molar-refractivity contribution in [2.75, 3.05) is 33.1 Å². The van der Waals surface area contributed by atoms with Crippen molar-refractivity contribution in [2.45, 2.75) is 37.6 Å². The Balaban J connectivity index is 2.55. The zero-order valence-electron chi connectivity index (χ0n) is 12.0. The standard InChI is InChI=1S/C12H24N2O4S/c1-9(10(2)19(4,16)17)14(3)12(15)7-11-8-18-6-5-13-11/h9-11,13H,5-8H2,1-4H3. The number of hydrogen-bond donors (Lipinski definition) is 1. The molecule has 1 N–H and O–H groups in total. The summed E-state index contributed by atoms with van der Waals surface area (Å²) in [5, 5.41) is 2.64. The van der Waals surface area contributed by atoms with Gasteiger partial charge in [0.25, 0.3) is 0 Å². The molecule has 0 aromatic carbocycles. The van der Waals surface area contributed by atoms with Gasteiger partial charge in [-0.15, -0.1) is 0 Å². The van der Waals surface area contributed by atoms with Gasteiger partial charge in [-0.1, -0.05) is 0 Å². The number of ether oxygens (including phenoxy) is 1. The number of hydrogen-bond acceptors (Lipinski definition) is 5. The molecule has 6 nitrogen and oxygen atoms in total. The van der Waals surface area contributed by atoms with Crippen molar-refractivity contribution in [3.05, 3.63) is 0 Å². The Kier molecular flexibility index (Phi) is 5.76. The smallest absolute Gasteiger partial charge is 0.224 e. The Bertz CT molecular complexity index is 404. The molecule has 19 heavy (non-hydrogen) atoms. The van der Waals surface area contributed by atoms with Crippen LogP contribution in [0.1, 0.15) is 20.3 Å². The van der Waals surface area contributed by atoms with Crippen molar-refractivity contribution in [1.29, 1.82) is 0 Å². The molecule has 1 aliphatic heterocycles. The monoisotopic (exact) mass is 292 g/mol. The average molecular weight is 292 g/mol. The van der Waals surface area contributed by atoms with Crippen LogP contribution in [0.5, 0.6) is 0 Å². The fourth-order valence-corrected chi connectivity index (χ4v) is 2.90. The molecule has 1 amide bonds.